The molecule has 2 heterocycles. The number of carboxylic acid groups (broad SMARTS) is 1. The zero-order valence-electron chi connectivity index (χ0n) is 13.2. The monoisotopic (exact) mass is 316 g/mol. The van der Waals surface area contributed by atoms with Gasteiger partial charge in [0, 0.05) is 24.5 Å². The second kappa shape index (κ2) is 6.00. The third-order valence-corrected chi connectivity index (χ3v) is 4.29. The molecular formula is C16H20N4O3. The number of nitrogens with zero attached hydrogens (tertiary/aromatic N) is 2. The molecule has 0 aliphatic carbocycles. The molecule has 7 nitrogen and oxygen atoms in total. The van der Waals surface area contributed by atoms with Crippen molar-refractivity contribution >= 4 is 17.1 Å². The number of hydrogen-bond acceptors (Lipinski definition) is 5. The van der Waals surface area contributed by atoms with E-state index in [0.717, 1.165) is 12.1 Å². The Balaban J connectivity index is 2.20. The summed E-state index contributed by atoms with van der Waals surface area (Å²) in [7, 11) is 1.58. The maximum Gasteiger partial charge on any atom is 0.405 e. The molecule has 1 fully saturated rings. The lowest BCUT2D eigenvalue weighted by Gasteiger charge is -2.41. The van der Waals surface area contributed by atoms with E-state index in [-0.39, 0.29) is 0 Å². The van der Waals surface area contributed by atoms with Crippen LogP contribution in [0, 0.1) is 5.92 Å². The van der Waals surface area contributed by atoms with Crippen molar-refractivity contribution in [2.24, 2.45) is 5.92 Å². The minimum atomic E-state index is -1.05. The first kappa shape index (κ1) is 15.5. The Kier molecular flexibility index (Phi) is 4.04. The summed E-state index contributed by atoms with van der Waals surface area (Å²) in [5.74, 6) is 0.962. The zero-order valence-corrected chi connectivity index (χ0v) is 13.2. The van der Waals surface area contributed by atoms with Crippen LogP contribution in [-0.2, 0) is 5.54 Å². The lowest BCUT2D eigenvalue weighted by Crippen LogP contribution is -2.57. The number of amides is 1. The van der Waals surface area contributed by atoms with Crippen molar-refractivity contribution in [1.82, 2.24) is 20.6 Å². The average molecular weight is 316 g/mol. The van der Waals surface area contributed by atoms with Gasteiger partial charge >= 0.3 is 6.09 Å². The fourth-order valence-corrected chi connectivity index (χ4v) is 3.43. The smallest absolute Gasteiger partial charge is 0.405 e. The summed E-state index contributed by atoms with van der Waals surface area (Å²) in [4.78, 5) is 20.2. The molecule has 7 heteroatoms. The van der Waals surface area contributed by atoms with E-state index in [4.69, 9.17) is 4.74 Å². The molecular weight excluding hydrogens is 296 g/mol. The highest BCUT2D eigenvalue weighted by Crippen LogP contribution is 2.37. The minimum Gasteiger partial charge on any atom is -0.494 e. The molecule has 1 aromatic heterocycles. The second-order valence-corrected chi connectivity index (χ2v) is 6.02. The van der Waals surface area contributed by atoms with E-state index in [0.29, 0.717) is 35.7 Å². The lowest BCUT2D eigenvalue weighted by molar-refractivity contribution is 0.156. The number of carbonyl (C=O) groups is 1. The largest absolute Gasteiger partial charge is 0.494 e. The number of aromatic nitrogens is 2. The fourth-order valence-electron chi connectivity index (χ4n) is 3.43. The number of methoxy groups -OCH3 is 1. The summed E-state index contributed by atoms with van der Waals surface area (Å²) in [5, 5.41) is 15.4. The van der Waals surface area contributed by atoms with Crippen molar-refractivity contribution in [2.45, 2.75) is 18.9 Å². The maximum absolute atomic E-state index is 11.4. The summed E-state index contributed by atoms with van der Waals surface area (Å²) in [6.45, 7) is 3.48. The van der Waals surface area contributed by atoms with Crippen LogP contribution in [0.25, 0.3) is 11.0 Å². The van der Waals surface area contributed by atoms with Gasteiger partial charge in [0.15, 0.2) is 0 Å². The molecule has 1 saturated heterocycles. The Morgan fingerprint density at radius 3 is 2.78 bits per heavy atom. The van der Waals surface area contributed by atoms with Crippen LogP contribution in [0.5, 0.6) is 5.75 Å². The van der Waals surface area contributed by atoms with Crippen LogP contribution in [0.2, 0.25) is 0 Å². The molecule has 2 aromatic rings. The fraction of sp³-hybridized carbons (Fsp3) is 0.438. The SMILES string of the molecule is COc1ccc([C@@]2(NC(=O)O)CNC[C@@H](C)C2)c2nccnc12. The summed E-state index contributed by atoms with van der Waals surface area (Å²) in [6, 6.07) is 3.70. The summed E-state index contributed by atoms with van der Waals surface area (Å²) < 4.78 is 5.35. The van der Waals surface area contributed by atoms with Gasteiger partial charge in [0.05, 0.1) is 18.2 Å². The molecule has 1 aromatic carbocycles. The van der Waals surface area contributed by atoms with Gasteiger partial charge in [-0.3, -0.25) is 4.98 Å². The standard InChI is InChI=1S/C16H20N4O3/c1-10-7-16(9-17-8-10,20-15(21)22)11-3-4-12(23-2)14-13(11)18-5-6-19-14/h3-6,10,17,20H,7-9H2,1-2H3,(H,21,22)/t10-,16-/m0/s1. The Bertz CT molecular complexity index is 736. The third kappa shape index (κ3) is 2.79. The van der Waals surface area contributed by atoms with E-state index in [1.165, 1.54) is 0 Å². The van der Waals surface area contributed by atoms with E-state index >= 15 is 0 Å². The van der Waals surface area contributed by atoms with Crippen molar-refractivity contribution < 1.29 is 14.6 Å². The Hall–Kier alpha value is -2.41. The van der Waals surface area contributed by atoms with Gasteiger partial charge in [-0.25, -0.2) is 9.78 Å². The van der Waals surface area contributed by atoms with Crippen LogP contribution in [0.3, 0.4) is 0 Å². The topological polar surface area (TPSA) is 96.4 Å². The van der Waals surface area contributed by atoms with Gasteiger partial charge in [0.1, 0.15) is 11.3 Å². The van der Waals surface area contributed by atoms with E-state index in [1.54, 1.807) is 19.5 Å². The highest BCUT2D eigenvalue weighted by atomic mass is 16.5. The molecule has 1 amide bonds. The number of ether oxygens (including phenoxy) is 1. The van der Waals surface area contributed by atoms with Crippen molar-refractivity contribution in [3.05, 3.63) is 30.1 Å². The van der Waals surface area contributed by atoms with Crippen molar-refractivity contribution in [3.63, 3.8) is 0 Å². The van der Waals surface area contributed by atoms with Gasteiger partial charge in [-0.2, -0.15) is 0 Å². The van der Waals surface area contributed by atoms with E-state index in [9.17, 15) is 9.90 Å². The molecule has 1 aliphatic heterocycles. The van der Waals surface area contributed by atoms with Crippen LogP contribution < -0.4 is 15.4 Å². The number of fused-ring (bicyclic) bond motifs is 1. The molecule has 2 atom stereocenters. The molecule has 23 heavy (non-hydrogen) atoms. The van der Waals surface area contributed by atoms with Gasteiger partial charge in [0.25, 0.3) is 0 Å². The maximum atomic E-state index is 11.4. The van der Waals surface area contributed by atoms with Gasteiger partial charge in [0.2, 0.25) is 0 Å². The van der Waals surface area contributed by atoms with Crippen molar-refractivity contribution in [2.75, 3.05) is 20.2 Å². The number of nitrogens with one attached hydrogen (secondary N) is 2. The highest BCUT2D eigenvalue weighted by molar-refractivity contribution is 5.85. The number of benzene rings is 1. The average Bonchev–Trinajstić information content (AvgIpc) is 2.53. The molecule has 3 rings (SSSR count). The van der Waals surface area contributed by atoms with Gasteiger partial charge < -0.3 is 20.5 Å². The van der Waals surface area contributed by atoms with E-state index in [1.807, 2.05) is 12.1 Å². The van der Waals surface area contributed by atoms with Crippen molar-refractivity contribution in [3.8, 4) is 5.75 Å². The number of piperidine rings is 1. The Morgan fingerprint density at radius 1 is 1.39 bits per heavy atom. The molecule has 0 bridgehead atoms. The molecule has 122 valence electrons. The van der Waals surface area contributed by atoms with Crippen LogP contribution >= 0.6 is 0 Å². The summed E-state index contributed by atoms with van der Waals surface area (Å²) in [6.07, 6.45) is 2.87. The Labute approximate surface area is 134 Å². The first-order valence-corrected chi connectivity index (χ1v) is 7.56. The molecule has 0 spiro atoms. The summed E-state index contributed by atoms with van der Waals surface area (Å²) >= 11 is 0. The number of rotatable bonds is 3. The van der Waals surface area contributed by atoms with E-state index < -0.39 is 11.6 Å². The normalized spacial score (nSPS) is 24.3. The molecule has 0 saturated carbocycles. The quantitative estimate of drug-likeness (QED) is 0.798. The second-order valence-electron chi connectivity index (χ2n) is 6.02. The van der Waals surface area contributed by atoms with Crippen LogP contribution in [0.4, 0.5) is 4.79 Å². The van der Waals surface area contributed by atoms with Gasteiger partial charge in [-0.05, 0) is 24.9 Å². The lowest BCUT2D eigenvalue weighted by atomic mass is 9.78. The third-order valence-electron chi connectivity index (χ3n) is 4.29. The van der Waals surface area contributed by atoms with E-state index in [2.05, 4.69) is 27.5 Å². The molecule has 3 N–H and O–H groups in total. The van der Waals surface area contributed by atoms with Crippen LogP contribution in [-0.4, -0.2) is 41.4 Å². The molecule has 0 radical (unpaired) electrons. The molecule has 0 unspecified atom stereocenters. The van der Waals surface area contributed by atoms with Crippen LogP contribution in [0.15, 0.2) is 24.5 Å². The first-order valence-electron chi connectivity index (χ1n) is 7.56. The van der Waals surface area contributed by atoms with Crippen molar-refractivity contribution in [1.29, 1.82) is 0 Å². The zero-order chi connectivity index (χ0) is 16.4. The van der Waals surface area contributed by atoms with Crippen LogP contribution in [0.1, 0.15) is 18.9 Å². The van der Waals surface area contributed by atoms with Gasteiger partial charge in [-0.15, -0.1) is 0 Å². The highest BCUT2D eigenvalue weighted by Gasteiger charge is 2.40. The predicted octanol–water partition coefficient (Wildman–Crippen LogP) is 1.73. The first-order chi connectivity index (χ1) is 11.1. The minimum absolute atomic E-state index is 0.337. The number of hydrogen-bond donors (Lipinski definition) is 3. The molecule has 1 aliphatic rings. The Morgan fingerprint density at radius 2 is 2.13 bits per heavy atom. The summed E-state index contributed by atoms with van der Waals surface area (Å²) in [5.41, 5.74) is 1.39. The predicted molar refractivity (Wildman–Crippen MR) is 85.6 cm³/mol. The van der Waals surface area contributed by atoms with Gasteiger partial charge in [-0.1, -0.05) is 13.0 Å².